The van der Waals surface area contributed by atoms with Crippen molar-refractivity contribution >= 4 is 43.5 Å². The molecule has 6 rings (SSSR count). The van der Waals surface area contributed by atoms with Crippen molar-refractivity contribution in [3.63, 3.8) is 0 Å². The Labute approximate surface area is 168 Å². The Hall–Kier alpha value is -3.59. The summed E-state index contributed by atoms with van der Waals surface area (Å²) in [5.74, 6) is 0.938. The Kier molecular flexibility index (Phi) is 3.22. The van der Waals surface area contributed by atoms with Gasteiger partial charge in [0.1, 0.15) is 18.1 Å². The lowest BCUT2D eigenvalue weighted by molar-refractivity contribution is -0.659. The van der Waals surface area contributed by atoms with Gasteiger partial charge in [-0.3, -0.25) is 0 Å². The highest BCUT2D eigenvalue weighted by atomic mass is 16.3. The third kappa shape index (κ3) is 2.21. The summed E-state index contributed by atoms with van der Waals surface area (Å²) in [6, 6.07) is 23.7. The predicted molar refractivity (Wildman–Crippen MR) is 119 cm³/mol. The lowest BCUT2D eigenvalue weighted by atomic mass is 10.1. The van der Waals surface area contributed by atoms with Crippen molar-refractivity contribution in [3.8, 4) is 11.5 Å². The van der Waals surface area contributed by atoms with Gasteiger partial charge in [0, 0.05) is 40.4 Å². The van der Waals surface area contributed by atoms with Crippen LogP contribution < -0.4 is 4.57 Å². The van der Waals surface area contributed by atoms with E-state index in [1.807, 2.05) is 12.1 Å². The molecule has 0 radical (unpaired) electrons. The number of aryl methyl sites for hydroxylation is 3. The number of nitrogens with zero attached hydrogens (tertiary/aromatic N) is 2. The fourth-order valence-corrected chi connectivity index (χ4v) is 4.61. The highest BCUT2D eigenvalue weighted by Gasteiger charge is 2.22. The Morgan fingerprint density at radius 1 is 0.793 bits per heavy atom. The van der Waals surface area contributed by atoms with Crippen molar-refractivity contribution in [2.45, 2.75) is 6.92 Å². The zero-order valence-corrected chi connectivity index (χ0v) is 16.7. The van der Waals surface area contributed by atoms with E-state index in [2.05, 4.69) is 90.9 Å². The first-order valence-electron chi connectivity index (χ1n) is 9.91. The average molecular weight is 377 g/mol. The quantitative estimate of drug-likeness (QED) is 0.321. The molecule has 0 unspecified atom stereocenters. The van der Waals surface area contributed by atoms with E-state index >= 15 is 0 Å². The Morgan fingerprint density at radius 3 is 2.28 bits per heavy atom. The van der Waals surface area contributed by atoms with Gasteiger partial charge in [-0.05, 0) is 35.9 Å². The molecule has 0 bridgehead atoms. The first kappa shape index (κ1) is 16.4. The van der Waals surface area contributed by atoms with Crippen LogP contribution in [0.2, 0.25) is 0 Å². The number of benzene rings is 3. The maximum absolute atomic E-state index is 6.28. The molecule has 0 saturated heterocycles. The predicted octanol–water partition coefficient (Wildman–Crippen LogP) is 6.03. The van der Waals surface area contributed by atoms with Crippen LogP contribution in [0, 0.1) is 6.92 Å². The van der Waals surface area contributed by atoms with Gasteiger partial charge in [0.2, 0.25) is 11.5 Å². The second-order valence-electron chi connectivity index (χ2n) is 7.90. The van der Waals surface area contributed by atoms with Crippen LogP contribution in [0.3, 0.4) is 0 Å². The van der Waals surface area contributed by atoms with Gasteiger partial charge in [-0.1, -0.05) is 42.5 Å². The molecule has 6 aromatic rings. The summed E-state index contributed by atoms with van der Waals surface area (Å²) in [6.07, 6.45) is 2.21. The molecule has 29 heavy (non-hydrogen) atoms. The highest BCUT2D eigenvalue weighted by molar-refractivity contribution is 6.12. The van der Waals surface area contributed by atoms with Crippen molar-refractivity contribution < 1.29 is 8.98 Å². The van der Waals surface area contributed by atoms with Crippen LogP contribution in [0.25, 0.3) is 55.0 Å². The normalized spacial score (nSPS) is 12.0. The van der Waals surface area contributed by atoms with Gasteiger partial charge in [0.25, 0.3) is 0 Å². The summed E-state index contributed by atoms with van der Waals surface area (Å²) in [7, 11) is 4.24. The minimum absolute atomic E-state index is 0.934. The number of fused-ring (bicyclic) bond motifs is 5. The standard InChI is InChI=1S/C26H21N2O/c1-16-19-10-6-7-11-25(19)29-26(16)23-14-21-20-12-17-8-4-5-9-18(17)13-22(20)28(3)24(21)15-27(23)2/h4-15H,1-3H3/q+1. The maximum Gasteiger partial charge on any atom is 0.249 e. The van der Waals surface area contributed by atoms with Gasteiger partial charge in [-0.15, -0.1) is 0 Å². The zero-order valence-electron chi connectivity index (χ0n) is 16.7. The van der Waals surface area contributed by atoms with E-state index in [9.17, 15) is 0 Å². The molecule has 0 spiro atoms. The molecule has 3 nitrogen and oxygen atoms in total. The van der Waals surface area contributed by atoms with E-state index in [4.69, 9.17) is 4.42 Å². The number of hydrogen-bond donors (Lipinski definition) is 0. The van der Waals surface area contributed by atoms with Gasteiger partial charge in [-0.2, -0.15) is 4.57 Å². The molecule has 0 atom stereocenters. The molecule has 0 fully saturated rings. The minimum Gasteiger partial charge on any atom is -0.449 e. The topological polar surface area (TPSA) is 21.9 Å². The highest BCUT2D eigenvalue weighted by Crippen LogP contribution is 2.36. The summed E-state index contributed by atoms with van der Waals surface area (Å²) in [6.45, 7) is 2.14. The van der Waals surface area contributed by atoms with Gasteiger partial charge in [-0.25, -0.2) is 0 Å². The van der Waals surface area contributed by atoms with E-state index in [0.29, 0.717) is 0 Å². The van der Waals surface area contributed by atoms with Crippen LogP contribution in [0.5, 0.6) is 0 Å². The van der Waals surface area contributed by atoms with Gasteiger partial charge in [0.15, 0.2) is 6.20 Å². The Balaban J connectivity index is 1.71. The fraction of sp³-hybridized carbons (Fsp3) is 0.115. The van der Waals surface area contributed by atoms with Gasteiger partial charge >= 0.3 is 0 Å². The molecule has 3 heterocycles. The number of hydrogen-bond acceptors (Lipinski definition) is 1. The molecule has 140 valence electrons. The lowest BCUT2D eigenvalue weighted by Gasteiger charge is -2.01. The smallest absolute Gasteiger partial charge is 0.249 e. The first-order chi connectivity index (χ1) is 14.1. The lowest BCUT2D eigenvalue weighted by Crippen LogP contribution is -2.30. The van der Waals surface area contributed by atoms with E-state index in [1.165, 1.54) is 43.5 Å². The van der Waals surface area contributed by atoms with Gasteiger partial charge in [0.05, 0.1) is 0 Å². The van der Waals surface area contributed by atoms with Crippen LogP contribution in [0.4, 0.5) is 0 Å². The van der Waals surface area contributed by atoms with Crippen LogP contribution >= 0.6 is 0 Å². The molecule has 3 aromatic heterocycles. The summed E-state index contributed by atoms with van der Waals surface area (Å²) in [4.78, 5) is 0. The number of furan rings is 1. The molecular formula is C26H21N2O+. The minimum atomic E-state index is 0.934. The molecule has 3 heteroatoms. The van der Waals surface area contributed by atoms with Crippen molar-refractivity contribution in [3.05, 3.63) is 78.5 Å². The van der Waals surface area contributed by atoms with E-state index in [-0.39, 0.29) is 0 Å². The third-order valence-corrected chi connectivity index (χ3v) is 6.21. The number of aromatic nitrogens is 2. The molecule has 0 amide bonds. The second kappa shape index (κ2) is 5.71. The molecule has 0 saturated carbocycles. The Morgan fingerprint density at radius 2 is 1.48 bits per heavy atom. The van der Waals surface area contributed by atoms with Crippen molar-refractivity contribution in [1.82, 2.24) is 4.57 Å². The molecule has 0 N–H and O–H groups in total. The summed E-state index contributed by atoms with van der Waals surface area (Å²) in [5, 5.41) is 6.23. The van der Waals surface area contributed by atoms with Crippen LogP contribution in [-0.4, -0.2) is 4.57 Å². The van der Waals surface area contributed by atoms with E-state index in [0.717, 1.165) is 17.0 Å². The molecular weight excluding hydrogens is 356 g/mol. The largest absolute Gasteiger partial charge is 0.449 e. The van der Waals surface area contributed by atoms with Crippen molar-refractivity contribution in [1.29, 1.82) is 0 Å². The maximum atomic E-state index is 6.28. The summed E-state index contributed by atoms with van der Waals surface area (Å²) in [5.41, 5.74) is 5.67. The molecule has 0 aliphatic heterocycles. The number of rotatable bonds is 1. The second-order valence-corrected chi connectivity index (χ2v) is 7.90. The van der Waals surface area contributed by atoms with Crippen LogP contribution in [-0.2, 0) is 14.1 Å². The van der Waals surface area contributed by atoms with Crippen LogP contribution in [0.1, 0.15) is 5.56 Å². The molecule has 0 aliphatic carbocycles. The average Bonchev–Trinajstić information content (AvgIpc) is 3.21. The molecule has 3 aromatic carbocycles. The zero-order chi connectivity index (χ0) is 19.7. The SMILES string of the molecule is Cc1c(-c2cc3c4cc5ccccc5cc4n(C)c3c[n+]2C)oc2ccccc12. The van der Waals surface area contributed by atoms with Crippen molar-refractivity contribution in [2.75, 3.05) is 0 Å². The summed E-state index contributed by atoms with van der Waals surface area (Å²) >= 11 is 0. The fourth-order valence-electron chi connectivity index (χ4n) is 4.61. The molecule has 0 aliphatic rings. The van der Waals surface area contributed by atoms with Gasteiger partial charge < -0.3 is 8.98 Å². The summed E-state index contributed by atoms with van der Waals surface area (Å²) < 4.78 is 10.7. The number of para-hydroxylation sites is 1. The number of pyridine rings is 1. The van der Waals surface area contributed by atoms with Crippen LogP contribution in [0.15, 0.2) is 77.3 Å². The monoisotopic (exact) mass is 377 g/mol. The van der Waals surface area contributed by atoms with E-state index in [1.54, 1.807) is 0 Å². The third-order valence-electron chi connectivity index (χ3n) is 6.21. The van der Waals surface area contributed by atoms with Crippen molar-refractivity contribution in [2.24, 2.45) is 14.1 Å². The first-order valence-corrected chi connectivity index (χ1v) is 9.91. The Bertz CT molecular complexity index is 1580. The van der Waals surface area contributed by atoms with E-state index < -0.39 is 0 Å².